The number of furan rings is 1. The van der Waals surface area contributed by atoms with Crippen LogP contribution in [0.25, 0.3) is 17.4 Å². The zero-order valence-corrected chi connectivity index (χ0v) is 16.3. The van der Waals surface area contributed by atoms with Crippen LogP contribution in [0.4, 0.5) is 0 Å². The van der Waals surface area contributed by atoms with Gasteiger partial charge in [0, 0.05) is 18.2 Å². The first-order valence-electron chi connectivity index (χ1n) is 7.58. The molecule has 1 aliphatic rings. The van der Waals surface area contributed by atoms with E-state index in [4.69, 9.17) is 26.4 Å². The Hall–Kier alpha value is -2.16. The van der Waals surface area contributed by atoms with Crippen molar-refractivity contribution in [3.8, 4) is 17.1 Å². The van der Waals surface area contributed by atoms with Crippen LogP contribution in [0.3, 0.4) is 0 Å². The average Bonchev–Trinajstić information content (AvgIpc) is 3.15. The lowest BCUT2D eigenvalue weighted by molar-refractivity contribution is -0.121. The molecule has 2 aromatic rings. The number of rotatable bonds is 6. The molecule has 7 nitrogen and oxygen atoms in total. The summed E-state index contributed by atoms with van der Waals surface area (Å²) in [5.74, 6) is 0.872. The normalized spacial score (nSPS) is 16.2. The van der Waals surface area contributed by atoms with Gasteiger partial charge in [-0.3, -0.25) is 19.5 Å². The summed E-state index contributed by atoms with van der Waals surface area (Å²) in [4.78, 5) is 31.9. The Bertz CT molecular complexity index is 976. The maximum Gasteiger partial charge on any atom is 0.524 e. The fourth-order valence-corrected chi connectivity index (χ4v) is 3.97. The second-order valence-electron chi connectivity index (χ2n) is 5.39. The van der Waals surface area contributed by atoms with Crippen LogP contribution in [0.1, 0.15) is 5.76 Å². The fraction of sp³-hybridized carbons (Fsp3) is 0.0588. The zero-order valence-electron chi connectivity index (χ0n) is 13.8. The summed E-state index contributed by atoms with van der Waals surface area (Å²) in [5, 5.41) is 0. The molecular weight excluding hydrogens is 409 g/mol. The van der Waals surface area contributed by atoms with Crippen molar-refractivity contribution >= 4 is 48.1 Å². The van der Waals surface area contributed by atoms with Crippen LogP contribution in [0.15, 0.2) is 58.4 Å². The zero-order chi connectivity index (χ0) is 19.6. The highest BCUT2D eigenvalue weighted by atomic mass is 32.2. The molecule has 0 unspecified atom stereocenters. The van der Waals surface area contributed by atoms with Crippen molar-refractivity contribution in [3.05, 3.63) is 59.7 Å². The molecule has 0 radical (unpaired) electrons. The van der Waals surface area contributed by atoms with Gasteiger partial charge in [0.25, 0.3) is 5.91 Å². The number of benzene rings is 1. The summed E-state index contributed by atoms with van der Waals surface area (Å²) in [6.07, 6.45) is 3.23. The van der Waals surface area contributed by atoms with E-state index in [0.29, 0.717) is 32.9 Å². The Labute approximate surface area is 164 Å². The van der Waals surface area contributed by atoms with E-state index in [1.54, 1.807) is 36.4 Å². The number of carbonyl (C=O) groups excluding carboxylic acids is 1. The van der Waals surface area contributed by atoms with E-state index in [1.807, 2.05) is 0 Å². The highest BCUT2D eigenvalue weighted by Crippen LogP contribution is 2.38. The molecule has 0 bridgehead atoms. The van der Waals surface area contributed by atoms with Crippen LogP contribution < -0.4 is 4.52 Å². The second kappa shape index (κ2) is 7.84. The molecule has 2 heterocycles. The van der Waals surface area contributed by atoms with E-state index in [9.17, 15) is 9.36 Å². The van der Waals surface area contributed by atoms with Gasteiger partial charge in [0.15, 0.2) is 0 Å². The van der Waals surface area contributed by atoms with E-state index in [0.717, 1.165) is 0 Å². The fourth-order valence-electron chi connectivity index (χ4n) is 2.32. The molecule has 2 N–H and O–H groups in total. The third-order valence-corrected chi connectivity index (χ3v) is 5.27. The van der Waals surface area contributed by atoms with Crippen LogP contribution >= 0.6 is 31.8 Å². The Morgan fingerprint density at radius 1 is 1.26 bits per heavy atom. The first kappa shape index (κ1) is 19.6. The van der Waals surface area contributed by atoms with Gasteiger partial charge in [-0.1, -0.05) is 30.1 Å². The molecule has 0 spiro atoms. The highest BCUT2D eigenvalue weighted by molar-refractivity contribution is 8.26. The molecule has 140 valence electrons. The molecule has 3 rings (SSSR count). The van der Waals surface area contributed by atoms with E-state index in [2.05, 4.69) is 11.1 Å². The van der Waals surface area contributed by atoms with Crippen molar-refractivity contribution in [1.29, 1.82) is 0 Å². The Kier molecular flexibility index (Phi) is 5.69. The van der Waals surface area contributed by atoms with Crippen molar-refractivity contribution in [3.63, 3.8) is 0 Å². The Morgan fingerprint density at radius 2 is 1.96 bits per heavy atom. The maximum absolute atomic E-state index is 12.3. The van der Waals surface area contributed by atoms with Crippen molar-refractivity contribution in [2.24, 2.45) is 0 Å². The van der Waals surface area contributed by atoms with Crippen molar-refractivity contribution in [1.82, 2.24) is 4.90 Å². The lowest BCUT2D eigenvalue weighted by Gasteiger charge is -2.10. The third-order valence-electron chi connectivity index (χ3n) is 3.45. The first-order chi connectivity index (χ1) is 12.8. The average molecular weight is 423 g/mol. The molecule has 1 aliphatic heterocycles. The number of hydrogen-bond donors (Lipinski definition) is 2. The van der Waals surface area contributed by atoms with Gasteiger partial charge >= 0.3 is 7.82 Å². The number of phosphoric acid groups is 1. The number of thioether (sulfide) groups is 1. The number of phosphoric ester groups is 1. The standard InChI is InChI=1S/C17H14NO6PS2/c1-2-9-18-16(19)15(27-17(18)26)10-13-7-8-14(23-13)11-3-5-12(6-4-11)24-25(20,21)22/h2-8,10H,1,9H2,(H2,20,21,22)/b15-10-. The van der Waals surface area contributed by atoms with E-state index in [-0.39, 0.29) is 11.7 Å². The summed E-state index contributed by atoms with van der Waals surface area (Å²) >= 11 is 6.39. The molecule has 1 amide bonds. The van der Waals surface area contributed by atoms with E-state index in [1.165, 1.54) is 28.8 Å². The molecule has 0 atom stereocenters. The van der Waals surface area contributed by atoms with Gasteiger partial charge in [0.2, 0.25) is 0 Å². The summed E-state index contributed by atoms with van der Waals surface area (Å²) in [5.41, 5.74) is 0.687. The van der Waals surface area contributed by atoms with Gasteiger partial charge in [-0.15, -0.1) is 6.58 Å². The SMILES string of the molecule is C=CCN1C(=O)/C(=C/c2ccc(-c3ccc(OP(=O)(O)O)cc3)o2)SC1=S. The monoisotopic (exact) mass is 423 g/mol. The number of nitrogens with zero attached hydrogens (tertiary/aromatic N) is 1. The Morgan fingerprint density at radius 3 is 2.59 bits per heavy atom. The smallest absolute Gasteiger partial charge is 0.457 e. The van der Waals surface area contributed by atoms with Crippen LogP contribution in [0, 0.1) is 0 Å². The quantitative estimate of drug-likeness (QED) is 0.313. The van der Waals surface area contributed by atoms with Gasteiger partial charge in [0.1, 0.15) is 21.6 Å². The number of carbonyl (C=O) groups is 1. The first-order valence-corrected chi connectivity index (χ1v) is 10.3. The molecule has 0 aliphatic carbocycles. The van der Waals surface area contributed by atoms with Crippen molar-refractivity contribution in [2.75, 3.05) is 6.54 Å². The summed E-state index contributed by atoms with van der Waals surface area (Å²) < 4.78 is 21.5. The largest absolute Gasteiger partial charge is 0.524 e. The minimum Gasteiger partial charge on any atom is -0.457 e. The van der Waals surface area contributed by atoms with Gasteiger partial charge < -0.3 is 8.94 Å². The molecular formula is C17H14NO6PS2. The van der Waals surface area contributed by atoms with Crippen LogP contribution in [0.5, 0.6) is 5.75 Å². The van der Waals surface area contributed by atoms with Gasteiger partial charge in [0.05, 0.1) is 4.91 Å². The highest BCUT2D eigenvalue weighted by Gasteiger charge is 2.31. The van der Waals surface area contributed by atoms with Gasteiger partial charge in [-0.25, -0.2) is 4.57 Å². The van der Waals surface area contributed by atoms with Crippen LogP contribution in [-0.4, -0.2) is 31.5 Å². The van der Waals surface area contributed by atoms with Crippen molar-refractivity contribution in [2.45, 2.75) is 0 Å². The predicted molar refractivity (Wildman–Crippen MR) is 107 cm³/mol. The Balaban J connectivity index is 1.77. The minimum absolute atomic E-state index is 0.0461. The maximum atomic E-state index is 12.3. The van der Waals surface area contributed by atoms with E-state index < -0.39 is 7.82 Å². The minimum atomic E-state index is -4.60. The molecule has 1 saturated heterocycles. The molecule has 1 aromatic heterocycles. The topological polar surface area (TPSA) is 100 Å². The number of amides is 1. The summed E-state index contributed by atoms with van der Waals surface area (Å²) in [6, 6.07) is 9.52. The third kappa shape index (κ3) is 4.77. The van der Waals surface area contributed by atoms with Gasteiger partial charge in [-0.05, 0) is 36.4 Å². The summed E-state index contributed by atoms with van der Waals surface area (Å²) in [6.45, 7) is 3.97. The van der Waals surface area contributed by atoms with Crippen LogP contribution in [0.2, 0.25) is 0 Å². The molecule has 27 heavy (non-hydrogen) atoms. The number of hydrogen-bond acceptors (Lipinski definition) is 6. The predicted octanol–water partition coefficient (Wildman–Crippen LogP) is 3.81. The van der Waals surface area contributed by atoms with Gasteiger partial charge in [-0.2, -0.15) is 0 Å². The van der Waals surface area contributed by atoms with E-state index >= 15 is 0 Å². The molecule has 10 heteroatoms. The lowest BCUT2D eigenvalue weighted by Crippen LogP contribution is -2.27. The number of thiocarbonyl (C=S) groups is 1. The second-order valence-corrected chi connectivity index (χ2v) is 8.23. The van der Waals surface area contributed by atoms with Crippen molar-refractivity contribution < 1.29 is 28.1 Å². The molecule has 1 fully saturated rings. The molecule has 0 saturated carbocycles. The summed E-state index contributed by atoms with van der Waals surface area (Å²) in [7, 11) is -4.60. The molecule has 1 aromatic carbocycles. The lowest BCUT2D eigenvalue weighted by atomic mass is 10.2. The van der Waals surface area contributed by atoms with Crippen LogP contribution in [-0.2, 0) is 9.36 Å².